The predicted molar refractivity (Wildman–Crippen MR) is 80.8 cm³/mol. The van der Waals surface area contributed by atoms with Gasteiger partial charge in [-0.3, -0.25) is 9.36 Å². The fraction of sp³-hybridized carbons (Fsp3) is 0.538. The second kappa shape index (κ2) is 5.19. The van der Waals surface area contributed by atoms with Gasteiger partial charge >= 0.3 is 0 Å². The molecule has 0 atom stereocenters. The highest BCUT2D eigenvalue weighted by Crippen LogP contribution is 2.15. The van der Waals surface area contributed by atoms with Gasteiger partial charge in [-0.15, -0.1) is 10.2 Å². The minimum Gasteiger partial charge on any atom is -0.347 e. The van der Waals surface area contributed by atoms with Crippen molar-refractivity contribution in [3.8, 4) is 0 Å². The Balaban J connectivity index is 2.29. The Morgan fingerprint density at radius 3 is 2.81 bits per heavy atom. The Kier molecular flexibility index (Phi) is 3.36. The van der Waals surface area contributed by atoms with E-state index in [0.717, 1.165) is 25.8 Å². The summed E-state index contributed by atoms with van der Waals surface area (Å²) < 4.78 is 3.50. The Morgan fingerprint density at radius 2 is 2.10 bits per heavy atom. The zero-order valence-electron chi connectivity index (χ0n) is 12.5. The molecule has 8 heteroatoms. The fourth-order valence-electron chi connectivity index (χ4n) is 2.50. The third-order valence-corrected chi connectivity index (χ3v) is 3.55. The molecule has 8 nitrogen and oxygen atoms in total. The SMILES string of the molecule is CCCCCn1c2nc[nH]c2c(=O)n2c(N(C)C)nnc12. The Bertz CT molecular complexity index is 826. The minimum atomic E-state index is -0.169. The van der Waals surface area contributed by atoms with Crippen molar-refractivity contribution < 1.29 is 0 Å². The van der Waals surface area contributed by atoms with Crippen molar-refractivity contribution >= 4 is 22.9 Å². The van der Waals surface area contributed by atoms with E-state index in [2.05, 4.69) is 27.1 Å². The number of nitrogens with one attached hydrogen (secondary N) is 1. The molecule has 3 heterocycles. The number of hydrogen-bond donors (Lipinski definition) is 1. The van der Waals surface area contributed by atoms with Crippen LogP contribution in [0, 0.1) is 0 Å². The number of anilines is 1. The van der Waals surface area contributed by atoms with Gasteiger partial charge in [0.25, 0.3) is 5.56 Å². The standard InChI is InChI=1S/C13H19N7O/c1-4-5-6-7-19-10-9(14-8-15-10)11(21)20-12(18(2)3)16-17-13(19)20/h8H,4-7H2,1-3H3,(H,14,15). The van der Waals surface area contributed by atoms with E-state index in [4.69, 9.17) is 0 Å². The molecule has 0 aliphatic rings. The Hall–Kier alpha value is -2.38. The van der Waals surface area contributed by atoms with Crippen molar-refractivity contribution in [1.29, 1.82) is 0 Å². The van der Waals surface area contributed by atoms with Crippen LogP contribution < -0.4 is 10.5 Å². The molecular formula is C13H19N7O. The molecule has 0 amide bonds. The van der Waals surface area contributed by atoms with Gasteiger partial charge in [-0.25, -0.2) is 9.38 Å². The van der Waals surface area contributed by atoms with E-state index >= 15 is 0 Å². The van der Waals surface area contributed by atoms with Crippen molar-refractivity contribution in [2.75, 3.05) is 19.0 Å². The summed E-state index contributed by atoms with van der Waals surface area (Å²) in [6, 6.07) is 0. The normalized spacial score (nSPS) is 11.6. The van der Waals surface area contributed by atoms with Gasteiger partial charge in [0, 0.05) is 20.6 Å². The molecule has 3 aromatic rings. The number of hydrogen-bond acceptors (Lipinski definition) is 5. The van der Waals surface area contributed by atoms with Crippen molar-refractivity contribution in [2.45, 2.75) is 32.7 Å². The maximum atomic E-state index is 12.6. The average molecular weight is 289 g/mol. The van der Waals surface area contributed by atoms with Crippen LogP contribution in [0.2, 0.25) is 0 Å². The molecule has 3 aromatic heterocycles. The highest BCUT2D eigenvalue weighted by atomic mass is 16.1. The van der Waals surface area contributed by atoms with Gasteiger partial charge < -0.3 is 9.88 Å². The summed E-state index contributed by atoms with van der Waals surface area (Å²) in [5.41, 5.74) is 0.959. The zero-order valence-corrected chi connectivity index (χ0v) is 12.5. The van der Waals surface area contributed by atoms with Crippen LogP contribution in [-0.4, -0.2) is 43.2 Å². The highest BCUT2D eigenvalue weighted by Gasteiger charge is 2.18. The first-order chi connectivity index (χ1) is 10.1. The van der Waals surface area contributed by atoms with E-state index in [1.165, 1.54) is 4.40 Å². The average Bonchev–Trinajstić information content (AvgIpc) is 3.09. The summed E-state index contributed by atoms with van der Waals surface area (Å²) in [5, 5.41) is 8.31. The van der Waals surface area contributed by atoms with Crippen molar-refractivity contribution in [3.05, 3.63) is 16.7 Å². The number of aromatic amines is 1. The lowest BCUT2D eigenvalue weighted by molar-refractivity contribution is 0.612. The predicted octanol–water partition coefficient (Wildman–Crippen LogP) is 1.02. The first kappa shape index (κ1) is 13.6. The minimum absolute atomic E-state index is 0.169. The van der Waals surface area contributed by atoms with Crippen LogP contribution in [0.5, 0.6) is 0 Å². The molecule has 0 saturated heterocycles. The van der Waals surface area contributed by atoms with Gasteiger partial charge in [-0.1, -0.05) is 19.8 Å². The number of nitrogens with zero attached hydrogens (tertiary/aromatic N) is 6. The quantitative estimate of drug-likeness (QED) is 0.709. The number of unbranched alkanes of at least 4 members (excludes halogenated alkanes) is 2. The monoisotopic (exact) mass is 289 g/mol. The number of rotatable bonds is 5. The van der Waals surface area contributed by atoms with Crippen LogP contribution in [0.3, 0.4) is 0 Å². The summed E-state index contributed by atoms with van der Waals surface area (Å²) in [5.74, 6) is 1.06. The van der Waals surface area contributed by atoms with Gasteiger partial charge in [-0.05, 0) is 6.42 Å². The fourth-order valence-corrected chi connectivity index (χ4v) is 2.50. The number of imidazole rings is 1. The van der Waals surface area contributed by atoms with Crippen LogP contribution >= 0.6 is 0 Å². The van der Waals surface area contributed by atoms with E-state index in [9.17, 15) is 4.79 Å². The lowest BCUT2D eigenvalue weighted by Crippen LogP contribution is -2.23. The van der Waals surface area contributed by atoms with Crippen molar-refractivity contribution in [2.24, 2.45) is 0 Å². The van der Waals surface area contributed by atoms with Gasteiger partial charge in [0.1, 0.15) is 5.52 Å². The van der Waals surface area contributed by atoms with Gasteiger partial charge in [0.2, 0.25) is 11.7 Å². The molecule has 0 saturated carbocycles. The van der Waals surface area contributed by atoms with Gasteiger partial charge in [-0.2, -0.15) is 0 Å². The second-order valence-corrected chi connectivity index (χ2v) is 5.29. The number of aryl methyl sites for hydroxylation is 1. The molecule has 3 rings (SSSR count). The molecule has 112 valence electrons. The van der Waals surface area contributed by atoms with Crippen molar-refractivity contribution in [3.63, 3.8) is 0 Å². The summed E-state index contributed by atoms with van der Waals surface area (Å²) in [4.78, 5) is 21.6. The third-order valence-electron chi connectivity index (χ3n) is 3.55. The summed E-state index contributed by atoms with van der Waals surface area (Å²) in [7, 11) is 3.68. The summed E-state index contributed by atoms with van der Waals surface area (Å²) in [6.07, 6.45) is 4.82. The van der Waals surface area contributed by atoms with E-state index in [0.29, 0.717) is 22.9 Å². The van der Waals surface area contributed by atoms with E-state index in [1.54, 1.807) is 11.2 Å². The second-order valence-electron chi connectivity index (χ2n) is 5.29. The molecule has 0 aliphatic carbocycles. The Morgan fingerprint density at radius 1 is 1.29 bits per heavy atom. The zero-order chi connectivity index (χ0) is 15.0. The molecule has 0 radical (unpaired) electrons. The number of H-pyrrole nitrogens is 1. The number of fused-ring (bicyclic) bond motifs is 2. The molecule has 0 aromatic carbocycles. The Labute approximate surface area is 121 Å². The smallest absolute Gasteiger partial charge is 0.287 e. The molecule has 0 unspecified atom stereocenters. The maximum absolute atomic E-state index is 12.6. The van der Waals surface area contributed by atoms with Gasteiger partial charge in [0.15, 0.2) is 5.65 Å². The van der Waals surface area contributed by atoms with Crippen LogP contribution in [-0.2, 0) is 6.54 Å². The molecule has 1 N–H and O–H groups in total. The molecule has 0 aliphatic heterocycles. The van der Waals surface area contributed by atoms with Crippen LogP contribution in [0.4, 0.5) is 5.95 Å². The molecule has 0 fully saturated rings. The lowest BCUT2D eigenvalue weighted by Gasteiger charge is -2.11. The molecule has 0 bridgehead atoms. The van der Waals surface area contributed by atoms with E-state index in [1.807, 2.05) is 18.7 Å². The lowest BCUT2D eigenvalue weighted by atomic mass is 10.2. The van der Waals surface area contributed by atoms with Crippen LogP contribution in [0.15, 0.2) is 11.1 Å². The van der Waals surface area contributed by atoms with E-state index in [-0.39, 0.29) is 5.56 Å². The largest absolute Gasteiger partial charge is 0.347 e. The summed E-state index contributed by atoms with van der Waals surface area (Å²) in [6.45, 7) is 2.93. The third kappa shape index (κ3) is 2.07. The van der Waals surface area contributed by atoms with Crippen molar-refractivity contribution in [1.82, 2.24) is 29.1 Å². The van der Waals surface area contributed by atoms with Crippen LogP contribution in [0.25, 0.3) is 16.9 Å². The highest BCUT2D eigenvalue weighted by molar-refractivity contribution is 5.72. The van der Waals surface area contributed by atoms with E-state index < -0.39 is 0 Å². The first-order valence-corrected chi connectivity index (χ1v) is 7.13. The summed E-state index contributed by atoms with van der Waals surface area (Å²) >= 11 is 0. The topological polar surface area (TPSA) is 84.1 Å². The molecule has 21 heavy (non-hydrogen) atoms. The number of aromatic nitrogens is 6. The molecule has 0 spiro atoms. The molecular weight excluding hydrogens is 270 g/mol. The maximum Gasteiger partial charge on any atom is 0.287 e. The van der Waals surface area contributed by atoms with Gasteiger partial charge in [0.05, 0.1) is 6.33 Å². The van der Waals surface area contributed by atoms with Crippen LogP contribution in [0.1, 0.15) is 26.2 Å². The first-order valence-electron chi connectivity index (χ1n) is 7.13.